The van der Waals surface area contributed by atoms with Crippen molar-refractivity contribution in [1.82, 2.24) is 0 Å². The molecular weight excluding hydrogens is 244 g/mol. The third-order valence-electron chi connectivity index (χ3n) is 3.56. The Labute approximate surface area is 121 Å². The summed E-state index contributed by atoms with van der Waals surface area (Å²) in [6.07, 6.45) is 6.27. The molecule has 2 aromatic carbocycles. The topological polar surface area (TPSA) is 9.23 Å². The Morgan fingerprint density at radius 3 is 2.20 bits per heavy atom. The molecule has 20 heavy (non-hydrogen) atoms. The van der Waals surface area contributed by atoms with Gasteiger partial charge in [-0.15, -0.1) is 6.58 Å². The maximum Gasteiger partial charge on any atom is 0.118 e. The molecule has 0 bridgehead atoms. The number of benzene rings is 2. The molecule has 0 amide bonds. The summed E-state index contributed by atoms with van der Waals surface area (Å²) in [4.78, 5) is 0. The van der Waals surface area contributed by atoms with E-state index in [1.54, 1.807) is 7.11 Å². The summed E-state index contributed by atoms with van der Waals surface area (Å²) in [5, 5.41) is 0. The standard InChI is InChI=1S/C19H20O/c1-4-19(2,17-8-6-5-7-9-17)15-14-16-10-12-18(20-3)13-11-16/h4-15H,1H2,2-3H3/b15-14+. The minimum Gasteiger partial charge on any atom is -0.497 e. The van der Waals surface area contributed by atoms with Gasteiger partial charge in [0.15, 0.2) is 0 Å². The van der Waals surface area contributed by atoms with E-state index in [1.807, 2.05) is 36.4 Å². The van der Waals surface area contributed by atoms with Gasteiger partial charge in [0.2, 0.25) is 0 Å². The predicted molar refractivity (Wildman–Crippen MR) is 86.0 cm³/mol. The fourth-order valence-electron chi connectivity index (χ4n) is 2.06. The van der Waals surface area contributed by atoms with Crippen LogP contribution in [0.5, 0.6) is 5.75 Å². The van der Waals surface area contributed by atoms with Crippen molar-refractivity contribution in [1.29, 1.82) is 0 Å². The molecule has 0 aliphatic carbocycles. The highest BCUT2D eigenvalue weighted by Gasteiger charge is 2.18. The first-order valence-corrected chi connectivity index (χ1v) is 6.70. The van der Waals surface area contributed by atoms with E-state index in [4.69, 9.17) is 4.74 Å². The summed E-state index contributed by atoms with van der Waals surface area (Å²) in [6.45, 7) is 6.14. The molecule has 0 aliphatic rings. The molecule has 0 saturated carbocycles. The number of ether oxygens (including phenoxy) is 1. The quantitative estimate of drug-likeness (QED) is 0.701. The monoisotopic (exact) mass is 264 g/mol. The molecule has 0 aromatic heterocycles. The summed E-state index contributed by atoms with van der Waals surface area (Å²) in [5.74, 6) is 0.872. The Kier molecular flexibility index (Phi) is 4.41. The van der Waals surface area contributed by atoms with Crippen LogP contribution >= 0.6 is 0 Å². The Balaban J connectivity index is 2.24. The summed E-state index contributed by atoms with van der Waals surface area (Å²) < 4.78 is 5.16. The van der Waals surface area contributed by atoms with Gasteiger partial charge in [0, 0.05) is 5.41 Å². The van der Waals surface area contributed by atoms with Crippen LogP contribution in [-0.2, 0) is 5.41 Å². The Bertz CT molecular complexity index is 581. The fraction of sp³-hybridized carbons (Fsp3) is 0.158. The molecule has 0 aliphatic heterocycles. The number of methoxy groups -OCH3 is 1. The van der Waals surface area contributed by atoms with E-state index < -0.39 is 0 Å². The van der Waals surface area contributed by atoms with Gasteiger partial charge in [0.1, 0.15) is 5.75 Å². The fourth-order valence-corrected chi connectivity index (χ4v) is 2.06. The lowest BCUT2D eigenvalue weighted by atomic mass is 9.82. The van der Waals surface area contributed by atoms with Crippen LogP contribution < -0.4 is 4.74 Å². The van der Waals surface area contributed by atoms with E-state index in [0.29, 0.717) is 0 Å². The van der Waals surface area contributed by atoms with Gasteiger partial charge in [-0.05, 0) is 30.2 Å². The maximum absolute atomic E-state index is 5.16. The molecule has 2 rings (SSSR count). The van der Waals surface area contributed by atoms with E-state index in [0.717, 1.165) is 11.3 Å². The highest BCUT2D eigenvalue weighted by atomic mass is 16.5. The third-order valence-corrected chi connectivity index (χ3v) is 3.56. The van der Waals surface area contributed by atoms with E-state index in [9.17, 15) is 0 Å². The van der Waals surface area contributed by atoms with Crippen LogP contribution in [0.3, 0.4) is 0 Å². The van der Waals surface area contributed by atoms with Crippen molar-refractivity contribution in [2.45, 2.75) is 12.3 Å². The van der Waals surface area contributed by atoms with Gasteiger partial charge in [-0.3, -0.25) is 0 Å². The van der Waals surface area contributed by atoms with Crippen molar-refractivity contribution < 1.29 is 4.74 Å². The van der Waals surface area contributed by atoms with Crippen molar-refractivity contribution >= 4 is 6.08 Å². The van der Waals surface area contributed by atoms with Crippen molar-refractivity contribution in [2.75, 3.05) is 7.11 Å². The van der Waals surface area contributed by atoms with E-state index in [2.05, 4.69) is 49.9 Å². The highest BCUT2D eigenvalue weighted by molar-refractivity contribution is 5.54. The average molecular weight is 264 g/mol. The Hall–Kier alpha value is -2.28. The summed E-state index contributed by atoms with van der Waals surface area (Å²) in [6, 6.07) is 18.4. The van der Waals surface area contributed by atoms with Gasteiger partial charge in [-0.2, -0.15) is 0 Å². The van der Waals surface area contributed by atoms with Crippen molar-refractivity contribution in [3.8, 4) is 5.75 Å². The van der Waals surface area contributed by atoms with Gasteiger partial charge in [0.25, 0.3) is 0 Å². The van der Waals surface area contributed by atoms with Crippen LogP contribution in [0.2, 0.25) is 0 Å². The zero-order chi connectivity index (χ0) is 14.4. The normalized spacial score (nSPS) is 13.9. The van der Waals surface area contributed by atoms with Gasteiger partial charge in [-0.25, -0.2) is 0 Å². The maximum atomic E-state index is 5.16. The first-order chi connectivity index (χ1) is 9.68. The molecule has 2 aromatic rings. The molecule has 0 N–H and O–H groups in total. The van der Waals surface area contributed by atoms with Crippen molar-refractivity contribution in [3.63, 3.8) is 0 Å². The van der Waals surface area contributed by atoms with Gasteiger partial charge >= 0.3 is 0 Å². The number of allylic oxidation sites excluding steroid dienone is 2. The predicted octanol–water partition coefficient (Wildman–Crippen LogP) is 4.85. The molecule has 1 nitrogen and oxygen atoms in total. The smallest absolute Gasteiger partial charge is 0.118 e. The second-order valence-corrected chi connectivity index (χ2v) is 4.96. The number of hydrogen-bond donors (Lipinski definition) is 0. The van der Waals surface area contributed by atoms with Gasteiger partial charge in [0.05, 0.1) is 7.11 Å². The average Bonchev–Trinajstić information content (AvgIpc) is 2.54. The zero-order valence-electron chi connectivity index (χ0n) is 12.0. The van der Waals surface area contributed by atoms with E-state index >= 15 is 0 Å². The molecule has 1 heteroatoms. The molecule has 0 spiro atoms. The molecule has 1 unspecified atom stereocenters. The lowest BCUT2D eigenvalue weighted by Gasteiger charge is -2.22. The van der Waals surface area contributed by atoms with E-state index in [-0.39, 0.29) is 5.41 Å². The van der Waals surface area contributed by atoms with Crippen LogP contribution in [0.1, 0.15) is 18.1 Å². The lowest BCUT2D eigenvalue weighted by Crippen LogP contribution is -2.14. The lowest BCUT2D eigenvalue weighted by molar-refractivity contribution is 0.415. The van der Waals surface area contributed by atoms with Crippen LogP contribution in [0, 0.1) is 0 Å². The summed E-state index contributed by atoms with van der Waals surface area (Å²) in [7, 11) is 1.68. The van der Waals surface area contributed by atoms with Crippen molar-refractivity contribution in [2.24, 2.45) is 0 Å². The molecule has 102 valence electrons. The summed E-state index contributed by atoms with van der Waals surface area (Å²) in [5.41, 5.74) is 2.22. The molecule has 1 atom stereocenters. The largest absolute Gasteiger partial charge is 0.497 e. The van der Waals surface area contributed by atoms with Gasteiger partial charge in [-0.1, -0.05) is 60.7 Å². The number of rotatable bonds is 5. The Morgan fingerprint density at radius 1 is 1.00 bits per heavy atom. The second-order valence-electron chi connectivity index (χ2n) is 4.96. The SMILES string of the molecule is C=CC(C)(/C=C/c1ccc(OC)cc1)c1ccccc1. The first-order valence-electron chi connectivity index (χ1n) is 6.70. The van der Waals surface area contributed by atoms with Crippen molar-refractivity contribution in [3.05, 3.63) is 84.5 Å². The zero-order valence-corrected chi connectivity index (χ0v) is 12.0. The third kappa shape index (κ3) is 3.18. The van der Waals surface area contributed by atoms with Crippen LogP contribution in [-0.4, -0.2) is 7.11 Å². The van der Waals surface area contributed by atoms with Crippen LogP contribution in [0.15, 0.2) is 73.3 Å². The Morgan fingerprint density at radius 2 is 1.65 bits per heavy atom. The van der Waals surface area contributed by atoms with Crippen LogP contribution in [0.25, 0.3) is 6.08 Å². The second kappa shape index (κ2) is 6.25. The highest BCUT2D eigenvalue weighted by Crippen LogP contribution is 2.27. The van der Waals surface area contributed by atoms with Gasteiger partial charge < -0.3 is 4.74 Å². The molecule has 0 heterocycles. The molecule has 0 fully saturated rings. The molecule has 0 radical (unpaired) electrons. The number of hydrogen-bond acceptors (Lipinski definition) is 1. The minimum absolute atomic E-state index is 0.165. The molecule has 0 saturated heterocycles. The first kappa shape index (κ1) is 14.1. The van der Waals surface area contributed by atoms with E-state index in [1.165, 1.54) is 5.56 Å². The molecular formula is C19H20O. The van der Waals surface area contributed by atoms with Crippen LogP contribution in [0.4, 0.5) is 0 Å². The minimum atomic E-state index is -0.165. The summed E-state index contributed by atoms with van der Waals surface area (Å²) >= 11 is 0.